The molecule has 2 aromatic rings. The van der Waals surface area contributed by atoms with Gasteiger partial charge in [-0.05, 0) is 93.4 Å². The molecule has 10 heteroatoms. The summed E-state index contributed by atoms with van der Waals surface area (Å²) in [7, 11) is 0. The second-order valence-electron chi connectivity index (χ2n) is 15.0. The smallest absolute Gasteiger partial charge is 0.193 e. The molecule has 0 aromatic heterocycles. The predicted octanol–water partition coefficient (Wildman–Crippen LogP) is 6.39. The van der Waals surface area contributed by atoms with Crippen molar-refractivity contribution < 1.29 is 38.1 Å². The fraction of sp³-hybridized carbons (Fsp3) is 0.526. The Morgan fingerprint density at radius 2 is 1.81 bits per heavy atom. The number of hydrogen-bond donors (Lipinski definition) is 3. The molecule has 1 aliphatic heterocycles. The van der Waals surface area contributed by atoms with E-state index in [9.17, 15) is 19.8 Å². The molecule has 0 radical (unpaired) electrons. The molecule has 4 fully saturated rings. The Bertz CT molecular complexity index is 1710. The number of ketones is 2. The highest BCUT2D eigenvalue weighted by Crippen LogP contribution is 2.72. The summed E-state index contributed by atoms with van der Waals surface area (Å²) < 4.78 is 46.5. The molecule has 2 aromatic carbocycles. The van der Waals surface area contributed by atoms with Gasteiger partial charge in [-0.1, -0.05) is 54.9 Å². The van der Waals surface area contributed by atoms with Gasteiger partial charge in [0.1, 0.15) is 12.8 Å². The number of anilines is 1. The third-order valence-electron chi connectivity index (χ3n) is 12.1. The second kappa shape index (κ2) is 11.6. The normalized spacial score (nSPS) is 39.8. The molecule has 7 nitrogen and oxygen atoms in total. The van der Waals surface area contributed by atoms with E-state index in [0.29, 0.717) is 17.0 Å². The van der Waals surface area contributed by atoms with Crippen LogP contribution < -0.4 is 5.32 Å². The summed E-state index contributed by atoms with van der Waals surface area (Å²) in [6.45, 7) is 6.59. The van der Waals surface area contributed by atoms with E-state index < -0.39 is 76.8 Å². The van der Waals surface area contributed by atoms with Crippen LogP contribution in [0.2, 0.25) is 5.02 Å². The predicted molar refractivity (Wildman–Crippen MR) is 177 cm³/mol. The van der Waals surface area contributed by atoms with Crippen molar-refractivity contribution in [3.8, 4) is 0 Å². The molecular weight excluding hydrogens is 640 g/mol. The van der Waals surface area contributed by atoms with Crippen LogP contribution in [0.4, 0.5) is 14.5 Å². The Labute approximate surface area is 284 Å². The van der Waals surface area contributed by atoms with Crippen LogP contribution in [0.25, 0.3) is 0 Å². The van der Waals surface area contributed by atoms with Gasteiger partial charge in [0.2, 0.25) is 0 Å². The van der Waals surface area contributed by atoms with E-state index in [1.54, 1.807) is 6.92 Å². The van der Waals surface area contributed by atoms with E-state index in [1.165, 1.54) is 19.1 Å². The Kier molecular flexibility index (Phi) is 8.08. The van der Waals surface area contributed by atoms with E-state index in [2.05, 4.69) is 5.32 Å². The number of Topliss-reactive ketones (excluding diaryl/α,β-unsaturated/α-hetero) is 1. The molecule has 5 aliphatic rings. The van der Waals surface area contributed by atoms with Crippen molar-refractivity contribution in [2.75, 3.05) is 11.9 Å². The topological polar surface area (TPSA) is 105 Å². The van der Waals surface area contributed by atoms with Crippen LogP contribution in [0.3, 0.4) is 0 Å². The molecule has 0 bridgehead atoms. The monoisotopic (exact) mass is 681 g/mol. The van der Waals surface area contributed by atoms with E-state index in [4.69, 9.17) is 21.1 Å². The molecule has 1 saturated heterocycles. The van der Waals surface area contributed by atoms with E-state index in [0.717, 1.165) is 22.9 Å². The number of ether oxygens (including phenoxy) is 2. The fourth-order valence-electron chi connectivity index (χ4n) is 9.85. The number of allylic oxidation sites excluding steroid dienone is 4. The average Bonchev–Trinajstić information content (AvgIpc) is 3.54. The number of rotatable bonds is 7. The molecule has 4 aliphatic carbocycles. The largest absolute Gasteiger partial charge is 0.390 e. The SMILES string of the molecule is CC(C)Nc1cc(Cc2ccc([C@@H]3O[C@@H]4C[C@H]5[C@@H]6C[C@H](F)C7=CC(=O)C=C[C@]7(C)[C@@]6(F)[C@@H](O)C[C@]5(C)[C@]4(C(=O)CO)O3)cc2)ccc1Cl. The van der Waals surface area contributed by atoms with Crippen molar-refractivity contribution in [3.63, 3.8) is 0 Å². The van der Waals surface area contributed by atoms with Crippen LogP contribution >= 0.6 is 11.6 Å². The summed E-state index contributed by atoms with van der Waals surface area (Å²) in [5.74, 6) is -2.62. The number of benzene rings is 2. The molecule has 7 rings (SSSR count). The lowest BCUT2D eigenvalue weighted by Crippen LogP contribution is -2.70. The number of carbonyl (C=O) groups excluding carboxylic acids is 2. The van der Waals surface area contributed by atoms with Gasteiger partial charge in [0.05, 0.1) is 22.9 Å². The van der Waals surface area contributed by atoms with Gasteiger partial charge in [0.25, 0.3) is 0 Å². The second-order valence-corrected chi connectivity index (χ2v) is 15.4. The number of nitrogens with one attached hydrogen (secondary N) is 1. The van der Waals surface area contributed by atoms with Crippen LogP contribution in [-0.4, -0.2) is 64.1 Å². The van der Waals surface area contributed by atoms with Crippen molar-refractivity contribution in [2.24, 2.45) is 22.7 Å². The van der Waals surface area contributed by atoms with Gasteiger partial charge in [0.15, 0.2) is 29.1 Å². The zero-order chi connectivity index (χ0) is 34.4. The standard InChI is InChI=1S/C38H42ClF2NO6/c1-20(2)42-30-14-22(7-10-28(30)39)13-21-5-8-23(9-6-21)34-47-33-17-25-26-16-29(40)27-15-24(44)11-12-35(27,3)37(26,41)31(45)18-36(25,4)38(33,48-34)32(46)19-43/h5-12,14-15,20,25-26,29,31,33-34,42-43,45H,13,16-19H2,1-4H3/t25-,26-,29-,31-,33+,34+,35-,36-,37-,38+/m0/s1. The molecular formula is C38H42ClF2NO6. The third kappa shape index (κ3) is 4.64. The maximum Gasteiger partial charge on any atom is 0.193 e. The zero-order valence-electron chi connectivity index (χ0n) is 27.5. The van der Waals surface area contributed by atoms with Crippen LogP contribution in [0.15, 0.2) is 66.3 Å². The number of carbonyl (C=O) groups is 2. The van der Waals surface area contributed by atoms with E-state index in [1.807, 2.05) is 56.3 Å². The molecule has 3 N–H and O–H groups in total. The minimum absolute atomic E-state index is 0.0375. The van der Waals surface area contributed by atoms with Crippen LogP contribution in [0.1, 0.15) is 69.9 Å². The zero-order valence-corrected chi connectivity index (χ0v) is 28.3. The molecule has 1 heterocycles. The van der Waals surface area contributed by atoms with Crippen molar-refractivity contribution >= 4 is 28.9 Å². The number of aliphatic hydroxyl groups is 2. The Balaban J connectivity index is 1.17. The molecule has 0 spiro atoms. The maximum atomic E-state index is 17.6. The molecule has 48 heavy (non-hydrogen) atoms. The minimum Gasteiger partial charge on any atom is -0.390 e. The molecule has 10 atom stereocenters. The van der Waals surface area contributed by atoms with Crippen molar-refractivity contribution in [1.82, 2.24) is 0 Å². The quantitative estimate of drug-likeness (QED) is 0.311. The molecule has 3 saturated carbocycles. The van der Waals surface area contributed by atoms with Gasteiger partial charge in [-0.15, -0.1) is 0 Å². The summed E-state index contributed by atoms with van der Waals surface area (Å²) in [6.07, 6.45) is -0.784. The maximum absolute atomic E-state index is 17.6. The van der Waals surface area contributed by atoms with Gasteiger partial charge < -0.3 is 25.0 Å². The van der Waals surface area contributed by atoms with Crippen molar-refractivity contribution in [2.45, 2.75) is 95.4 Å². The first-order valence-electron chi connectivity index (χ1n) is 16.8. The highest BCUT2D eigenvalue weighted by atomic mass is 35.5. The summed E-state index contributed by atoms with van der Waals surface area (Å²) in [4.78, 5) is 25.9. The highest BCUT2D eigenvalue weighted by Gasteiger charge is 2.80. The Hall–Kier alpha value is -2.95. The first-order valence-corrected chi connectivity index (χ1v) is 17.1. The lowest BCUT2D eigenvalue weighted by atomic mass is 9.44. The van der Waals surface area contributed by atoms with Gasteiger partial charge in [-0.2, -0.15) is 0 Å². The number of aliphatic hydroxyl groups excluding tert-OH is 2. The lowest BCUT2D eigenvalue weighted by Gasteiger charge is -2.63. The molecule has 256 valence electrons. The van der Waals surface area contributed by atoms with Crippen LogP contribution in [0, 0.1) is 22.7 Å². The fourth-order valence-corrected chi connectivity index (χ4v) is 10.0. The first-order chi connectivity index (χ1) is 22.7. The summed E-state index contributed by atoms with van der Waals surface area (Å²) >= 11 is 6.37. The van der Waals surface area contributed by atoms with E-state index >= 15 is 8.78 Å². The van der Waals surface area contributed by atoms with Gasteiger partial charge in [-0.3, -0.25) is 9.59 Å². The van der Waals surface area contributed by atoms with Crippen molar-refractivity contribution in [1.29, 1.82) is 0 Å². The third-order valence-corrected chi connectivity index (χ3v) is 12.4. The summed E-state index contributed by atoms with van der Waals surface area (Å²) in [5, 5.41) is 25.9. The summed E-state index contributed by atoms with van der Waals surface area (Å²) in [6, 6.07) is 13.8. The van der Waals surface area contributed by atoms with Crippen molar-refractivity contribution in [3.05, 3.63) is 88.0 Å². The average molecular weight is 682 g/mol. The van der Waals surface area contributed by atoms with Gasteiger partial charge in [-0.25, -0.2) is 8.78 Å². The van der Waals surface area contributed by atoms with Gasteiger partial charge in [0, 0.05) is 28.4 Å². The lowest BCUT2D eigenvalue weighted by molar-refractivity contribution is -0.235. The Morgan fingerprint density at radius 1 is 1.10 bits per heavy atom. The summed E-state index contributed by atoms with van der Waals surface area (Å²) in [5.41, 5.74) is -2.99. The number of hydrogen-bond acceptors (Lipinski definition) is 7. The number of fused-ring (bicyclic) bond motifs is 7. The Morgan fingerprint density at radius 3 is 2.50 bits per heavy atom. The number of alkyl halides is 2. The first kappa shape index (κ1) is 33.5. The molecule has 0 unspecified atom stereocenters. The number of halogens is 3. The van der Waals surface area contributed by atoms with Crippen LogP contribution in [-0.2, 0) is 25.5 Å². The highest BCUT2D eigenvalue weighted by molar-refractivity contribution is 6.33. The van der Waals surface area contributed by atoms with Crippen LogP contribution in [0.5, 0.6) is 0 Å². The van der Waals surface area contributed by atoms with E-state index in [-0.39, 0.29) is 30.9 Å². The minimum atomic E-state index is -2.30. The van der Waals surface area contributed by atoms with Gasteiger partial charge >= 0.3 is 0 Å². The molecule has 0 amide bonds.